The lowest BCUT2D eigenvalue weighted by Crippen LogP contribution is -2.33. The number of rotatable bonds is 20. The maximum absolute atomic E-state index is 14.6. The van der Waals surface area contributed by atoms with Crippen molar-refractivity contribution < 1.29 is 9.59 Å². The zero-order valence-corrected chi connectivity index (χ0v) is 28.7. The first-order valence-electron chi connectivity index (χ1n) is 15.3. The van der Waals surface area contributed by atoms with Gasteiger partial charge >= 0.3 is 0 Å². The molecule has 0 bridgehead atoms. The van der Waals surface area contributed by atoms with Crippen LogP contribution in [0.5, 0.6) is 0 Å². The van der Waals surface area contributed by atoms with Crippen molar-refractivity contribution in [3.8, 4) is 0 Å². The van der Waals surface area contributed by atoms with E-state index in [2.05, 4.69) is 40.9 Å². The second-order valence-electron chi connectivity index (χ2n) is 11.8. The van der Waals surface area contributed by atoms with Gasteiger partial charge in [-0.25, -0.2) is 0 Å². The largest absolute Gasteiger partial charge is 0.383 e. The highest BCUT2D eigenvalue weighted by Gasteiger charge is 2.37. The van der Waals surface area contributed by atoms with Crippen LogP contribution < -0.4 is 21.3 Å². The van der Waals surface area contributed by atoms with E-state index in [0.29, 0.717) is 89.5 Å². The molecule has 3 rings (SSSR count). The fraction of sp³-hybridized carbons (Fsp3) is 0.562. The SMILES string of the molecule is CN(C)CCNc1ccc(NCCN(C)C)c2c1C(=O)c1c(NCCN(C)C)ccc(NCCN(CCCl)CCCl)c1C2=O. The molecule has 0 radical (unpaired) electrons. The Bertz CT molecular complexity index is 1250. The summed E-state index contributed by atoms with van der Waals surface area (Å²) in [6.07, 6.45) is 0. The van der Waals surface area contributed by atoms with Gasteiger partial charge in [0.2, 0.25) is 0 Å². The van der Waals surface area contributed by atoms with E-state index >= 15 is 0 Å². The molecule has 0 heterocycles. The highest BCUT2D eigenvalue weighted by atomic mass is 35.5. The Labute approximate surface area is 273 Å². The van der Waals surface area contributed by atoms with Crippen LogP contribution in [0.4, 0.5) is 22.7 Å². The van der Waals surface area contributed by atoms with Gasteiger partial charge in [0.15, 0.2) is 11.6 Å². The predicted molar refractivity (Wildman–Crippen MR) is 187 cm³/mol. The van der Waals surface area contributed by atoms with Gasteiger partial charge in [-0.3, -0.25) is 14.5 Å². The van der Waals surface area contributed by atoms with Crippen LogP contribution in [-0.4, -0.2) is 151 Å². The van der Waals surface area contributed by atoms with Crippen molar-refractivity contribution in [1.29, 1.82) is 0 Å². The number of carbonyl (C=O) groups excluding carboxylic acids is 2. The van der Waals surface area contributed by atoms with Gasteiger partial charge in [-0.15, -0.1) is 23.2 Å². The van der Waals surface area contributed by atoms with Gasteiger partial charge in [-0.05, 0) is 66.6 Å². The average Bonchev–Trinajstić information content (AvgIpc) is 2.96. The lowest BCUT2D eigenvalue weighted by atomic mass is 9.80. The standard InChI is InChI=1S/C32H50Cl2N8O2/c1-39(2)19-13-35-23-7-8-24(36-14-20-40(3)4)28-27(23)31(43)29-25(37-15-21-41(5)6)9-10-26(30(29)32(28)44)38-16-22-42(17-11-33)18-12-34/h7-10,35-38H,11-22H2,1-6H3. The van der Waals surface area contributed by atoms with Crippen LogP contribution in [0.25, 0.3) is 0 Å². The van der Waals surface area contributed by atoms with E-state index < -0.39 is 0 Å². The van der Waals surface area contributed by atoms with Crippen molar-refractivity contribution in [3.63, 3.8) is 0 Å². The summed E-state index contributed by atoms with van der Waals surface area (Å²) in [6, 6.07) is 7.62. The lowest BCUT2D eigenvalue weighted by molar-refractivity contribution is 0.0981. The molecule has 2 aromatic rings. The highest BCUT2D eigenvalue weighted by Crippen LogP contribution is 2.41. The summed E-state index contributed by atoms with van der Waals surface area (Å²) >= 11 is 12.0. The summed E-state index contributed by atoms with van der Waals surface area (Å²) in [5.74, 6) is 0.686. The van der Waals surface area contributed by atoms with Crippen molar-refractivity contribution in [1.82, 2.24) is 19.6 Å². The monoisotopic (exact) mass is 648 g/mol. The molecule has 0 saturated carbocycles. The smallest absolute Gasteiger partial charge is 0.198 e. The van der Waals surface area contributed by atoms with Crippen LogP contribution >= 0.6 is 23.2 Å². The maximum atomic E-state index is 14.6. The molecular formula is C32H50Cl2N8O2. The van der Waals surface area contributed by atoms with Crippen molar-refractivity contribution in [2.45, 2.75) is 0 Å². The molecule has 0 aliphatic heterocycles. The molecule has 12 heteroatoms. The molecule has 4 N–H and O–H groups in total. The van der Waals surface area contributed by atoms with E-state index in [0.717, 1.165) is 32.7 Å². The van der Waals surface area contributed by atoms with Gasteiger partial charge in [0.1, 0.15) is 0 Å². The molecule has 44 heavy (non-hydrogen) atoms. The topological polar surface area (TPSA) is 95.2 Å². The second kappa shape index (κ2) is 17.8. The molecule has 0 aromatic heterocycles. The highest BCUT2D eigenvalue weighted by molar-refractivity contribution is 6.35. The molecule has 244 valence electrons. The minimum atomic E-state index is -0.171. The Morgan fingerprint density at radius 3 is 1.00 bits per heavy atom. The van der Waals surface area contributed by atoms with Gasteiger partial charge in [-0.1, -0.05) is 0 Å². The third-order valence-electron chi connectivity index (χ3n) is 7.49. The van der Waals surface area contributed by atoms with Crippen molar-refractivity contribution >= 4 is 57.5 Å². The van der Waals surface area contributed by atoms with Gasteiger partial charge < -0.3 is 36.0 Å². The van der Waals surface area contributed by atoms with Crippen LogP contribution in [0.3, 0.4) is 0 Å². The number of anilines is 4. The molecule has 10 nitrogen and oxygen atoms in total. The number of fused-ring (bicyclic) bond motifs is 2. The Morgan fingerprint density at radius 2 is 0.750 bits per heavy atom. The van der Waals surface area contributed by atoms with E-state index in [1.54, 1.807) is 0 Å². The molecule has 0 saturated heterocycles. The summed E-state index contributed by atoms with van der Waals surface area (Å²) in [5.41, 5.74) is 4.27. The number of nitrogens with zero attached hydrogens (tertiary/aromatic N) is 4. The van der Waals surface area contributed by atoms with E-state index in [4.69, 9.17) is 23.2 Å². The first-order valence-corrected chi connectivity index (χ1v) is 16.3. The first kappa shape index (κ1) is 35.9. The number of hydrogen-bond donors (Lipinski definition) is 4. The van der Waals surface area contributed by atoms with Crippen LogP contribution in [0.15, 0.2) is 24.3 Å². The minimum absolute atomic E-state index is 0.167. The number of carbonyl (C=O) groups is 2. The Kier molecular flexibility index (Phi) is 14.5. The third kappa shape index (κ3) is 9.70. The number of ketones is 2. The molecule has 1 aliphatic rings. The van der Waals surface area contributed by atoms with Crippen LogP contribution in [0.2, 0.25) is 0 Å². The maximum Gasteiger partial charge on any atom is 0.198 e. The summed E-state index contributed by atoms with van der Waals surface area (Å²) in [7, 11) is 12.0. The fourth-order valence-corrected chi connectivity index (χ4v) is 5.63. The number of hydrogen-bond acceptors (Lipinski definition) is 10. The number of halogens is 2. The molecular weight excluding hydrogens is 599 g/mol. The number of alkyl halides is 2. The average molecular weight is 650 g/mol. The minimum Gasteiger partial charge on any atom is -0.383 e. The summed E-state index contributed by atoms with van der Waals surface area (Å²) in [5, 5.41) is 13.7. The summed E-state index contributed by atoms with van der Waals surface area (Å²) < 4.78 is 0. The molecule has 0 unspecified atom stereocenters. The van der Waals surface area contributed by atoms with Gasteiger partial charge in [0, 0.05) is 100.0 Å². The molecule has 0 spiro atoms. The Morgan fingerprint density at radius 1 is 0.477 bits per heavy atom. The molecule has 0 amide bonds. The molecule has 2 aromatic carbocycles. The lowest BCUT2D eigenvalue weighted by Gasteiger charge is -2.28. The quantitative estimate of drug-likeness (QED) is 0.136. The molecule has 0 fully saturated rings. The normalized spacial score (nSPS) is 12.7. The van der Waals surface area contributed by atoms with Crippen molar-refractivity contribution in [2.75, 3.05) is 141 Å². The zero-order chi connectivity index (χ0) is 32.2. The third-order valence-corrected chi connectivity index (χ3v) is 7.83. The number of nitrogens with one attached hydrogen (secondary N) is 4. The summed E-state index contributed by atoms with van der Waals surface area (Å²) in [4.78, 5) is 37.6. The molecule has 1 aliphatic carbocycles. The summed E-state index contributed by atoms with van der Waals surface area (Å²) in [6.45, 7) is 6.96. The van der Waals surface area contributed by atoms with Crippen molar-refractivity contribution in [2.24, 2.45) is 0 Å². The first-order chi connectivity index (χ1) is 21.1. The Balaban J connectivity index is 2.09. The molecule has 0 atom stereocenters. The number of likely N-dealkylation sites (N-methyl/N-ethyl adjacent to an activating group) is 3. The number of benzene rings is 2. The van der Waals surface area contributed by atoms with E-state index in [9.17, 15) is 9.59 Å². The van der Waals surface area contributed by atoms with Crippen LogP contribution in [-0.2, 0) is 0 Å². The zero-order valence-electron chi connectivity index (χ0n) is 27.2. The van der Waals surface area contributed by atoms with Gasteiger partial charge in [-0.2, -0.15) is 0 Å². The Hall–Kier alpha value is -2.60. The van der Waals surface area contributed by atoms with E-state index in [1.165, 1.54) is 0 Å². The van der Waals surface area contributed by atoms with E-state index in [-0.39, 0.29) is 11.6 Å². The second-order valence-corrected chi connectivity index (χ2v) is 12.6. The van der Waals surface area contributed by atoms with Crippen molar-refractivity contribution in [3.05, 3.63) is 46.5 Å². The van der Waals surface area contributed by atoms with Gasteiger partial charge in [0.05, 0.1) is 22.3 Å². The van der Waals surface area contributed by atoms with Crippen LogP contribution in [0.1, 0.15) is 31.8 Å². The fourth-order valence-electron chi connectivity index (χ4n) is 5.15. The predicted octanol–water partition coefficient (Wildman–Crippen LogP) is 3.57. The van der Waals surface area contributed by atoms with Crippen LogP contribution in [0, 0.1) is 0 Å². The van der Waals surface area contributed by atoms with E-state index in [1.807, 2.05) is 66.6 Å². The van der Waals surface area contributed by atoms with Gasteiger partial charge in [0.25, 0.3) is 0 Å².